The standard InChI is InChI=1S/C25H29N5O3S/c1-28-13-21(12-27-28)14-29-15-22(33-18-20-7-9-26-10-8-20)16-30(17-25(29)32)24(31)11-19-3-5-23(34-2)6-4-19/h3-10,12-13,22H,11,14-18H2,1-2H3. The Morgan fingerprint density at radius 1 is 1.09 bits per heavy atom. The normalized spacial score (nSPS) is 16.5. The lowest BCUT2D eigenvalue weighted by molar-refractivity contribution is -0.138. The first-order valence-electron chi connectivity index (χ1n) is 11.2. The molecule has 1 atom stereocenters. The number of pyridine rings is 1. The Hall–Kier alpha value is -3.17. The van der Waals surface area contributed by atoms with Crippen LogP contribution in [0.25, 0.3) is 0 Å². The van der Waals surface area contributed by atoms with E-state index in [1.807, 2.05) is 55.9 Å². The van der Waals surface area contributed by atoms with Crippen molar-refractivity contribution in [3.05, 3.63) is 77.9 Å². The molecule has 4 rings (SSSR count). The molecule has 1 fully saturated rings. The van der Waals surface area contributed by atoms with E-state index in [0.29, 0.717) is 26.2 Å². The van der Waals surface area contributed by atoms with Crippen LogP contribution in [-0.2, 0) is 40.9 Å². The van der Waals surface area contributed by atoms with Crippen molar-refractivity contribution in [1.82, 2.24) is 24.6 Å². The highest BCUT2D eigenvalue weighted by atomic mass is 32.2. The largest absolute Gasteiger partial charge is 0.370 e. The van der Waals surface area contributed by atoms with Crippen molar-refractivity contribution in [3.8, 4) is 0 Å². The SMILES string of the molecule is CSc1ccc(CC(=O)N2CC(=O)N(Cc3cnn(C)c3)CC(OCc3ccncc3)C2)cc1. The molecule has 3 heterocycles. The summed E-state index contributed by atoms with van der Waals surface area (Å²) in [5.41, 5.74) is 2.87. The fourth-order valence-corrected chi connectivity index (χ4v) is 4.33. The van der Waals surface area contributed by atoms with E-state index in [4.69, 9.17) is 4.74 Å². The zero-order chi connectivity index (χ0) is 23.9. The van der Waals surface area contributed by atoms with E-state index in [-0.39, 0.29) is 30.9 Å². The molecule has 0 bridgehead atoms. The summed E-state index contributed by atoms with van der Waals surface area (Å²) in [5, 5.41) is 4.20. The third-order valence-electron chi connectivity index (χ3n) is 5.76. The van der Waals surface area contributed by atoms with Crippen molar-refractivity contribution >= 4 is 23.6 Å². The van der Waals surface area contributed by atoms with Crippen LogP contribution in [0.15, 0.2) is 66.1 Å². The Kier molecular flexibility index (Phi) is 7.97. The van der Waals surface area contributed by atoms with Crippen molar-refractivity contribution in [2.24, 2.45) is 7.05 Å². The molecule has 1 aromatic carbocycles. The summed E-state index contributed by atoms with van der Waals surface area (Å²) in [7, 11) is 1.85. The third kappa shape index (κ3) is 6.45. The van der Waals surface area contributed by atoms with Gasteiger partial charge in [0, 0.05) is 55.7 Å². The Bertz CT molecular complexity index is 1100. The molecule has 1 saturated heterocycles. The third-order valence-corrected chi connectivity index (χ3v) is 6.50. The van der Waals surface area contributed by atoms with Crippen LogP contribution in [0.4, 0.5) is 0 Å². The number of nitrogens with zero attached hydrogens (tertiary/aromatic N) is 5. The molecule has 0 saturated carbocycles. The lowest BCUT2D eigenvalue weighted by atomic mass is 10.1. The second kappa shape index (κ2) is 11.3. The molecular weight excluding hydrogens is 450 g/mol. The van der Waals surface area contributed by atoms with Gasteiger partial charge in [-0.05, 0) is 41.6 Å². The van der Waals surface area contributed by atoms with Gasteiger partial charge in [-0.1, -0.05) is 12.1 Å². The second-order valence-corrected chi connectivity index (χ2v) is 9.26. The lowest BCUT2D eigenvalue weighted by Crippen LogP contribution is -2.40. The molecule has 2 aromatic heterocycles. The number of ether oxygens (including phenoxy) is 1. The van der Waals surface area contributed by atoms with E-state index >= 15 is 0 Å². The van der Waals surface area contributed by atoms with Crippen LogP contribution < -0.4 is 0 Å². The predicted molar refractivity (Wildman–Crippen MR) is 130 cm³/mol. The van der Waals surface area contributed by atoms with Crippen molar-refractivity contribution in [1.29, 1.82) is 0 Å². The molecule has 9 heteroatoms. The van der Waals surface area contributed by atoms with E-state index in [1.54, 1.807) is 44.8 Å². The van der Waals surface area contributed by atoms with E-state index < -0.39 is 0 Å². The highest BCUT2D eigenvalue weighted by Gasteiger charge is 2.31. The molecule has 1 aliphatic heterocycles. The van der Waals surface area contributed by atoms with Gasteiger partial charge in [-0.25, -0.2) is 0 Å². The van der Waals surface area contributed by atoms with Crippen LogP contribution in [0.2, 0.25) is 0 Å². The van der Waals surface area contributed by atoms with Gasteiger partial charge in [-0.3, -0.25) is 19.3 Å². The van der Waals surface area contributed by atoms with E-state index in [2.05, 4.69) is 10.1 Å². The van der Waals surface area contributed by atoms with Gasteiger partial charge in [0.25, 0.3) is 0 Å². The summed E-state index contributed by atoms with van der Waals surface area (Å²) in [6.07, 6.45) is 9.07. The van der Waals surface area contributed by atoms with E-state index in [1.165, 1.54) is 0 Å². The molecule has 8 nitrogen and oxygen atoms in total. The van der Waals surface area contributed by atoms with Gasteiger partial charge < -0.3 is 14.5 Å². The maximum absolute atomic E-state index is 13.2. The minimum Gasteiger partial charge on any atom is -0.370 e. The summed E-state index contributed by atoms with van der Waals surface area (Å²) >= 11 is 1.66. The maximum Gasteiger partial charge on any atom is 0.242 e. The van der Waals surface area contributed by atoms with Gasteiger partial charge in [0.05, 0.1) is 31.9 Å². The Morgan fingerprint density at radius 2 is 1.85 bits per heavy atom. The number of carbonyl (C=O) groups is 2. The number of thioether (sulfide) groups is 1. The smallest absolute Gasteiger partial charge is 0.242 e. The highest BCUT2D eigenvalue weighted by Crippen LogP contribution is 2.18. The minimum atomic E-state index is -0.306. The van der Waals surface area contributed by atoms with Gasteiger partial charge in [-0.2, -0.15) is 5.10 Å². The number of benzene rings is 1. The molecule has 1 unspecified atom stereocenters. The van der Waals surface area contributed by atoms with Gasteiger partial charge >= 0.3 is 0 Å². The molecule has 34 heavy (non-hydrogen) atoms. The number of aryl methyl sites for hydroxylation is 1. The van der Waals surface area contributed by atoms with Crippen LogP contribution in [0.5, 0.6) is 0 Å². The monoisotopic (exact) mass is 479 g/mol. The van der Waals surface area contributed by atoms with Gasteiger partial charge in [0.15, 0.2) is 0 Å². The average molecular weight is 480 g/mol. The molecule has 178 valence electrons. The molecule has 2 amide bonds. The zero-order valence-corrected chi connectivity index (χ0v) is 20.3. The Morgan fingerprint density at radius 3 is 2.53 bits per heavy atom. The van der Waals surface area contributed by atoms with Crippen molar-refractivity contribution < 1.29 is 14.3 Å². The maximum atomic E-state index is 13.2. The average Bonchev–Trinajstić information content (AvgIpc) is 3.19. The molecule has 0 aliphatic carbocycles. The number of rotatable bonds is 8. The van der Waals surface area contributed by atoms with Gasteiger partial charge in [0.1, 0.15) is 0 Å². The van der Waals surface area contributed by atoms with Crippen molar-refractivity contribution in [3.63, 3.8) is 0 Å². The molecule has 0 N–H and O–H groups in total. The summed E-state index contributed by atoms with van der Waals surface area (Å²) in [6, 6.07) is 11.8. The van der Waals surface area contributed by atoms with E-state index in [0.717, 1.165) is 21.6 Å². The summed E-state index contributed by atoms with van der Waals surface area (Å²) in [4.78, 5) is 34.9. The number of carbonyl (C=O) groups excluding carboxylic acids is 2. The highest BCUT2D eigenvalue weighted by molar-refractivity contribution is 7.98. The van der Waals surface area contributed by atoms with Crippen LogP contribution in [-0.4, -0.2) is 68.4 Å². The molecule has 3 aromatic rings. The molecule has 0 spiro atoms. The van der Waals surface area contributed by atoms with Crippen LogP contribution in [0.3, 0.4) is 0 Å². The quantitative estimate of drug-likeness (QED) is 0.462. The van der Waals surface area contributed by atoms with Crippen molar-refractivity contribution in [2.75, 3.05) is 25.9 Å². The van der Waals surface area contributed by atoms with Crippen LogP contribution in [0.1, 0.15) is 16.7 Å². The first kappa shape index (κ1) is 24.0. The lowest BCUT2D eigenvalue weighted by Gasteiger charge is -2.24. The Balaban J connectivity index is 1.48. The van der Waals surface area contributed by atoms with Crippen LogP contribution >= 0.6 is 11.8 Å². The first-order valence-corrected chi connectivity index (χ1v) is 12.4. The van der Waals surface area contributed by atoms with Crippen LogP contribution in [0, 0.1) is 0 Å². The van der Waals surface area contributed by atoms with E-state index in [9.17, 15) is 9.59 Å². The summed E-state index contributed by atoms with van der Waals surface area (Å²) in [5.74, 6) is -0.170. The number of aromatic nitrogens is 3. The predicted octanol–water partition coefficient (Wildman–Crippen LogP) is 2.54. The second-order valence-electron chi connectivity index (χ2n) is 8.38. The molecule has 0 radical (unpaired) electrons. The van der Waals surface area contributed by atoms with Gasteiger partial charge in [0.2, 0.25) is 11.8 Å². The zero-order valence-electron chi connectivity index (χ0n) is 19.5. The summed E-state index contributed by atoms with van der Waals surface area (Å²) < 4.78 is 7.91. The first-order chi connectivity index (χ1) is 16.5. The van der Waals surface area contributed by atoms with Gasteiger partial charge in [-0.15, -0.1) is 11.8 Å². The number of hydrogen-bond donors (Lipinski definition) is 0. The fraction of sp³-hybridized carbons (Fsp3) is 0.360. The minimum absolute atomic E-state index is 0.0388. The number of hydrogen-bond acceptors (Lipinski definition) is 6. The molecular formula is C25H29N5O3S. The Labute approximate surface area is 203 Å². The van der Waals surface area contributed by atoms with Crippen molar-refractivity contribution in [2.45, 2.75) is 30.6 Å². The number of amides is 2. The summed E-state index contributed by atoms with van der Waals surface area (Å²) in [6.45, 7) is 1.63. The fourth-order valence-electron chi connectivity index (χ4n) is 3.92. The molecule has 1 aliphatic rings. The topological polar surface area (TPSA) is 80.6 Å².